The second-order valence-corrected chi connectivity index (χ2v) is 7.48. The largest absolute Gasteiger partial charge is 0.508 e. The summed E-state index contributed by atoms with van der Waals surface area (Å²) in [6, 6.07) is 5.86. The van der Waals surface area contributed by atoms with E-state index in [1.165, 1.54) is 4.91 Å². The number of benzene rings is 1. The summed E-state index contributed by atoms with van der Waals surface area (Å²) in [6.07, 6.45) is 2.04. The molecule has 1 saturated heterocycles. The van der Waals surface area contributed by atoms with Gasteiger partial charge in [0, 0.05) is 17.0 Å². The van der Waals surface area contributed by atoms with E-state index < -0.39 is 0 Å². The minimum Gasteiger partial charge on any atom is -0.508 e. The molecule has 0 bridgehead atoms. The number of thioether (sulfide) groups is 1. The number of likely N-dealkylation sites (N-methyl/N-ethyl adjacent to an activating group) is 1. The summed E-state index contributed by atoms with van der Waals surface area (Å²) >= 11 is 1.60. The molecule has 1 aromatic carbocycles. The molecule has 5 heteroatoms. The van der Waals surface area contributed by atoms with Gasteiger partial charge in [0.1, 0.15) is 18.1 Å². The van der Waals surface area contributed by atoms with Crippen LogP contribution in [-0.4, -0.2) is 49.5 Å². The first-order valence-electron chi connectivity index (χ1n) is 8.35. The molecule has 0 saturated carbocycles. The van der Waals surface area contributed by atoms with Crippen LogP contribution >= 0.6 is 11.8 Å². The van der Waals surface area contributed by atoms with E-state index in [4.69, 9.17) is 9.47 Å². The summed E-state index contributed by atoms with van der Waals surface area (Å²) in [6.45, 7) is 14.7. The zero-order chi connectivity index (χ0) is 18.4. The Bertz CT molecular complexity index is 669. The van der Waals surface area contributed by atoms with Crippen LogP contribution in [0.15, 0.2) is 42.3 Å². The lowest BCUT2D eigenvalue weighted by atomic mass is 10.1. The summed E-state index contributed by atoms with van der Waals surface area (Å²) in [7, 11) is 2.08. The number of hydrogen-bond acceptors (Lipinski definition) is 5. The van der Waals surface area contributed by atoms with Gasteiger partial charge in [0.2, 0.25) is 0 Å². The zero-order valence-electron chi connectivity index (χ0n) is 15.2. The molecular formula is C20H27NO3S. The van der Waals surface area contributed by atoms with E-state index in [1.54, 1.807) is 17.8 Å². The smallest absolute Gasteiger partial charge is 0.120 e. The first-order chi connectivity index (χ1) is 11.9. The maximum absolute atomic E-state index is 9.82. The molecule has 0 unspecified atom stereocenters. The molecule has 1 N–H and O–H groups in total. The minimum atomic E-state index is 0.0189. The monoisotopic (exact) mass is 361 g/mol. The first kappa shape index (κ1) is 19.6. The lowest BCUT2D eigenvalue weighted by Crippen LogP contribution is -2.46. The van der Waals surface area contributed by atoms with Crippen LogP contribution in [-0.2, 0) is 4.74 Å². The van der Waals surface area contributed by atoms with E-state index in [0.29, 0.717) is 24.5 Å². The van der Waals surface area contributed by atoms with Crippen molar-refractivity contribution in [1.82, 2.24) is 4.90 Å². The van der Waals surface area contributed by atoms with Crippen LogP contribution in [0.25, 0.3) is 10.7 Å². The quantitative estimate of drug-likeness (QED) is 0.722. The summed E-state index contributed by atoms with van der Waals surface area (Å²) in [5, 5.41) is 9.82. The fourth-order valence-corrected chi connectivity index (χ4v) is 3.17. The van der Waals surface area contributed by atoms with E-state index >= 15 is 0 Å². The Kier molecular flexibility index (Phi) is 7.17. The Morgan fingerprint density at radius 2 is 2.12 bits per heavy atom. The van der Waals surface area contributed by atoms with Crippen molar-refractivity contribution in [2.45, 2.75) is 19.9 Å². The molecule has 4 nitrogen and oxygen atoms in total. The van der Waals surface area contributed by atoms with Crippen molar-refractivity contribution in [3.8, 4) is 5.75 Å². The number of aliphatic hydroxyl groups excluding tert-OH is 1. The van der Waals surface area contributed by atoms with Crippen molar-refractivity contribution >= 4 is 22.4 Å². The van der Waals surface area contributed by atoms with Gasteiger partial charge in [-0.3, -0.25) is 4.90 Å². The number of aliphatic hydroxyl groups is 1. The van der Waals surface area contributed by atoms with Gasteiger partial charge in [0.15, 0.2) is 0 Å². The number of nitrogens with zero attached hydrogens (tertiary/aromatic N) is 1. The van der Waals surface area contributed by atoms with E-state index in [2.05, 4.69) is 25.1 Å². The highest BCUT2D eigenvalue weighted by Crippen LogP contribution is 2.34. The second-order valence-electron chi connectivity index (χ2n) is 6.14. The molecule has 2 rings (SSSR count). The number of ether oxygens (including phenoxy) is 2. The van der Waals surface area contributed by atoms with Crippen molar-refractivity contribution in [3.63, 3.8) is 0 Å². The Balaban J connectivity index is 2.16. The van der Waals surface area contributed by atoms with Gasteiger partial charge in [-0.15, -0.1) is 0 Å². The molecule has 0 aliphatic carbocycles. The molecule has 1 atom stereocenters. The van der Waals surface area contributed by atoms with E-state index in [0.717, 1.165) is 23.6 Å². The highest BCUT2D eigenvalue weighted by molar-refractivity contribution is 8.11. The average Bonchev–Trinajstić information content (AvgIpc) is 2.60. The van der Waals surface area contributed by atoms with Gasteiger partial charge in [0.05, 0.1) is 19.3 Å². The van der Waals surface area contributed by atoms with Crippen molar-refractivity contribution in [2.75, 3.05) is 33.4 Å². The third-order valence-corrected chi connectivity index (χ3v) is 5.26. The average molecular weight is 362 g/mol. The molecule has 136 valence electrons. The van der Waals surface area contributed by atoms with Gasteiger partial charge >= 0.3 is 0 Å². The Morgan fingerprint density at radius 1 is 1.40 bits per heavy atom. The van der Waals surface area contributed by atoms with Gasteiger partial charge < -0.3 is 14.6 Å². The predicted octanol–water partition coefficient (Wildman–Crippen LogP) is 4.55. The zero-order valence-corrected chi connectivity index (χ0v) is 16.1. The maximum Gasteiger partial charge on any atom is 0.120 e. The van der Waals surface area contributed by atoms with Gasteiger partial charge in [-0.2, -0.15) is 0 Å². The van der Waals surface area contributed by atoms with Crippen LogP contribution in [0.1, 0.15) is 25.0 Å². The fraction of sp³-hybridized carbons (Fsp3) is 0.400. The van der Waals surface area contributed by atoms with E-state index in [9.17, 15) is 5.11 Å². The molecule has 1 aliphatic rings. The second kappa shape index (κ2) is 9.13. The third-order valence-electron chi connectivity index (χ3n) is 4.22. The maximum atomic E-state index is 9.82. The summed E-state index contributed by atoms with van der Waals surface area (Å²) in [5.74, 6) is 0.715. The van der Waals surface area contributed by atoms with E-state index in [-0.39, 0.29) is 11.8 Å². The van der Waals surface area contributed by atoms with Gasteiger partial charge in [-0.05, 0) is 49.6 Å². The lowest BCUT2D eigenvalue weighted by molar-refractivity contribution is -0.0108. The molecule has 0 radical (unpaired) electrons. The van der Waals surface area contributed by atoms with Crippen molar-refractivity contribution in [3.05, 3.63) is 53.5 Å². The molecule has 25 heavy (non-hydrogen) atoms. The normalized spacial score (nSPS) is 18.8. The third kappa shape index (κ3) is 5.66. The number of morpholine rings is 1. The molecular weight excluding hydrogens is 334 g/mol. The van der Waals surface area contributed by atoms with Crippen LogP contribution in [0.5, 0.6) is 5.75 Å². The Hall–Kier alpha value is -1.69. The molecule has 0 spiro atoms. The summed E-state index contributed by atoms with van der Waals surface area (Å²) in [5.41, 5.74) is 1.56. The van der Waals surface area contributed by atoms with Crippen LogP contribution < -0.4 is 4.74 Å². The fourth-order valence-electron chi connectivity index (χ4n) is 2.43. The SMILES string of the molecule is C=C(O)c1cc(OC[C@H]2COCCN2C)cc(C(=C)S/C(C)=C\C)c1. The summed E-state index contributed by atoms with van der Waals surface area (Å²) in [4.78, 5) is 4.31. The number of hydrogen-bond donors (Lipinski definition) is 1. The topological polar surface area (TPSA) is 41.9 Å². The lowest BCUT2D eigenvalue weighted by Gasteiger charge is -2.32. The molecule has 0 aromatic heterocycles. The van der Waals surface area contributed by atoms with Crippen LogP contribution in [0.3, 0.4) is 0 Å². The minimum absolute atomic E-state index is 0.0189. The number of allylic oxidation sites excluding steroid dienone is 2. The van der Waals surface area contributed by atoms with Crippen LogP contribution in [0.4, 0.5) is 0 Å². The first-order valence-corrected chi connectivity index (χ1v) is 9.16. The van der Waals surface area contributed by atoms with Gasteiger partial charge in [-0.25, -0.2) is 0 Å². The standard InChI is InChI=1S/C20H27NO3S/c1-6-14(2)25-16(4)18-9-17(15(3)22)10-20(11-18)24-13-19-12-23-8-7-21(19)5/h6,9-11,19,22H,3-4,7-8,12-13H2,1-2,5H3/b14-6-/t19-/m1/s1. The predicted molar refractivity (Wildman–Crippen MR) is 107 cm³/mol. The van der Waals surface area contributed by atoms with Gasteiger partial charge in [0.25, 0.3) is 0 Å². The molecule has 1 aromatic rings. The van der Waals surface area contributed by atoms with Gasteiger partial charge in [-0.1, -0.05) is 31.0 Å². The van der Waals surface area contributed by atoms with Crippen LogP contribution in [0, 0.1) is 0 Å². The molecule has 0 amide bonds. The summed E-state index contributed by atoms with van der Waals surface area (Å²) < 4.78 is 11.5. The molecule has 1 aliphatic heterocycles. The number of rotatable bonds is 7. The molecule has 1 fully saturated rings. The van der Waals surface area contributed by atoms with Crippen molar-refractivity contribution in [1.29, 1.82) is 0 Å². The highest BCUT2D eigenvalue weighted by Gasteiger charge is 2.20. The molecule has 1 heterocycles. The van der Waals surface area contributed by atoms with Crippen molar-refractivity contribution in [2.24, 2.45) is 0 Å². The van der Waals surface area contributed by atoms with Crippen molar-refractivity contribution < 1.29 is 14.6 Å². The Labute approximate surface area is 154 Å². The van der Waals surface area contributed by atoms with E-state index in [1.807, 2.05) is 32.1 Å². The Morgan fingerprint density at radius 3 is 2.76 bits per heavy atom. The highest BCUT2D eigenvalue weighted by atomic mass is 32.2. The van der Waals surface area contributed by atoms with Crippen LogP contribution in [0.2, 0.25) is 0 Å².